The lowest BCUT2D eigenvalue weighted by atomic mass is 9.96. The van der Waals surface area contributed by atoms with E-state index in [0.717, 1.165) is 14.7 Å². The normalized spacial score (nSPS) is 21.6. The van der Waals surface area contributed by atoms with Crippen LogP contribution in [0.2, 0.25) is 0 Å². The second kappa shape index (κ2) is 5.00. The summed E-state index contributed by atoms with van der Waals surface area (Å²) in [6.07, 6.45) is 1.85. The Morgan fingerprint density at radius 2 is 2.06 bits per heavy atom. The number of hydrogen-bond donors (Lipinski definition) is 0. The molecule has 0 saturated carbocycles. The van der Waals surface area contributed by atoms with Gasteiger partial charge in [-0.25, -0.2) is 0 Å². The van der Waals surface area contributed by atoms with Crippen molar-refractivity contribution in [2.75, 3.05) is 6.61 Å². The molecule has 17 heavy (non-hydrogen) atoms. The predicted octanol–water partition coefficient (Wildman–Crippen LogP) is 2.44. The maximum absolute atomic E-state index is 11.4. The molecule has 0 bridgehead atoms. The lowest BCUT2D eigenvalue weighted by Gasteiger charge is -2.02. The molecule has 1 aliphatic rings. The van der Waals surface area contributed by atoms with Crippen molar-refractivity contribution in [3.05, 3.63) is 39.0 Å². The summed E-state index contributed by atoms with van der Waals surface area (Å²) in [4.78, 5) is 22.8. The third-order valence-electron chi connectivity index (χ3n) is 2.62. The van der Waals surface area contributed by atoms with Crippen molar-refractivity contribution < 1.29 is 14.3 Å². The standard InChI is InChI=1S/C13H11IO3/c1-8(15)12-10(7-17-13(12)16)6-9-2-4-11(14)5-3-9/h2-6,12H,7H2,1H3. The molecule has 1 heterocycles. The molecule has 1 unspecified atom stereocenters. The van der Waals surface area contributed by atoms with Gasteiger partial charge in [0, 0.05) is 3.57 Å². The van der Waals surface area contributed by atoms with Crippen LogP contribution in [0.4, 0.5) is 0 Å². The minimum absolute atomic E-state index is 0.163. The molecule has 3 nitrogen and oxygen atoms in total. The van der Waals surface area contributed by atoms with Gasteiger partial charge >= 0.3 is 5.97 Å². The summed E-state index contributed by atoms with van der Waals surface area (Å²) >= 11 is 2.23. The van der Waals surface area contributed by atoms with Gasteiger partial charge < -0.3 is 4.74 Å². The van der Waals surface area contributed by atoms with Crippen molar-refractivity contribution in [2.24, 2.45) is 5.92 Å². The summed E-state index contributed by atoms with van der Waals surface area (Å²) in [7, 11) is 0. The number of carbonyl (C=O) groups excluding carboxylic acids is 2. The first kappa shape index (κ1) is 12.3. The fourth-order valence-electron chi connectivity index (χ4n) is 1.80. The van der Waals surface area contributed by atoms with Gasteiger partial charge in [-0.3, -0.25) is 9.59 Å². The summed E-state index contributed by atoms with van der Waals surface area (Å²) in [6, 6.07) is 7.87. The minimum atomic E-state index is -0.714. The summed E-state index contributed by atoms with van der Waals surface area (Å²) in [5.74, 6) is -1.31. The van der Waals surface area contributed by atoms with Crippen LogP contribution in [0, 0.1) is 9.49 Å². The van der Waals surface area contributed by atoms with Gasteiger partial charge in [0.2, 0.25) is 0 Å². The van der Waals surface area contributed by atoms with Crippen LogP contribution < -0.4 is 0 Å². The van der Waals surface area contributed by atoms with E-state index in [1.54, 1.807) is 0 Å². The van der Waals surface area contributed by atoms with Gasteiger partial charge in [-0.15, -0.1) is 0 Å². The van der Waals surface area contributed by atoms with Gasteiger partial charge in [0.25, 0.3) is 0 Å². The van der Waals surface area contributed by atoms with E-state index in [2.05, 4.69) is 22.6 Å². The Balaban J connectivity index is 2.30. The van der Waals surface area contributed by atoms with Crippen LogP contribution >= 0.6 is 22.6 Å². The molecule has 1 aliphatic heterocycles. The molecular formula is C13H11IO3. The molecule has 1 saturated heterocycles. The van der Waals surface area contributed by atoms with E-state index in [-0.39, 0.29) is 12.4 Å². The zero-order valence-electron chi connectivity index (χ0n) is 9.27. The third-order valence-corrected chi connectivity index (χ3v) is 3.34. The van der Waals surface area contributed by atoms with E-state index in [9.17, 15) is 9.59 Å². The highest BCUT2D eigenvalue weighted by Gasteiger charge is 2.35. The number of carbonyl (C=O) groups is 2. The number of benzene rings is 1. The summed E-state index contributed by atoms with van der Waals surface area (Å²) in [5.41, 5.74) is 1.72. The van der Waals surface area contributed by atoms with Crippen LogP contribution in [0.3, 0.4) is 0 Å². The Labute approximate surface area is 113 Å². The van der Waals surface area contributed by atoms with Gasteiger partial charge in [-0.1, -0.05) is 18.2 Å². The van der Waals surface area contributed by atoms with Crippen LogP contribution in [0.1, 0.15) is 12.5 Å². The van der Waals surface area contributed by atoms with Crippen LogP contribution in [-0.4, -0.2) is 18.4 Å². The van der Waals surface area contributed by atoms with Crippen LogP contribution in [-0.2, 0) is 14.3 Å². The van der Waals surface area contributed by atoms with Gasteiger partial charge in [-0.05, 0) is 52.8 Å². The zero-order valence-corrected chi connectivity index (χ0v) is 11.4. The highest BCUT2D eigenvalue weighted by Crippen LogP contribution is 2.24. The highest BCUT2D eigenvalue weighted by molar-refractivity contribution is 14.1. The quantitative estimate of drug-likeness (QED) is 0.471. The van der Waals surface area contributed by atoms with Crippen molar-refractivity contribution in [3.63, 3.8) is 0 Å². The first-order valence-corrected chi connectivity index (χ1v) is 6.29. The molecule has 0 radical (unpaired) electrons. The third kappa shape index (κ3) is 2.74. The number of hydrogen-bond acceptors (Lipinski definition) is 3. The Bertz CT molecular complexity index is 488. The minimum Gasteiger partial charge on any atom is -0.460 e. The Hall–Kier alpha value is -1.17. The fraction of sp³-hybridized carbons (Fsp3) is 0.231. The molecule has 4 heteroatoms. The SMILES string of the molecule is CC(=O)C1C(=O)OCC1=Cc1ccc(I)cc1. The van der Waals surface area contributed by atoms with Crippen LogP contribution in [0.5, 0.6) is 0 Å². The second-order valence-electron chi connectivity index (χ2n) is 3.92. The average molecular weight is 342 g/mol. The Morgan fingerprint density at radius 3 is 2.65 bits per heavy atom. The largest absolute Gasteiger partial charge is 0.460 e. The molecule has 0 spiro atoms. The lowest BCUT2D eigenvalue weighted by molar-refractivity contribution is -0.143. The summed E-state index contributed by atoms with van der Waals surface area (Å²) in [6.45, 7) is 1.63. The van der Waals surface area contributed by atoms with Gasteiger partial charge in [0.1, 0.15) is 18.3 Å². The van der Waals surface area contributed by atoms with Crippen molar-refractivity contribution in [3.8, 4) is 0 Å². The lowest BCUT2D eigenvalue weighted by Crippen LogP contribution is -2.17. The Kier molecular flexibility index (Phi) is 3.61. The molecule has 0 aliphatic carbocycles. The van der Waals surface area contributed by atoms with Crippen molar-refractivity contribution in [1.82, 2.24) is 0 Å². The number of Topliss-reactive ketones (excluding diaryl/α,β-unsaturated/α-hetero) is 1. The van der Waals surface area contributed by atoms with Gasteiger partial charge in [0.05, 0.1) is 0 Å². The Morgan fingerprint density at radius 1 is 1.41 bits per heavy atom. The molecule has 0 aromatic heterocycles. The molecule has 1 atom stereocenters. The van der Waals surface area contributed by atoms with Crippen molar-refractivity contribution >= 4 is 40.4 Å². The summed E-state index contributed by atoms with van der Waals surface area (Å²) in [5, 5.41) is 0. The van der Waals surface area contributed by atoms with E-state index >= 15 is 0 Å². The number of esters is 1. The first-order valence-electron chi connectivity index (χ1n) is 5.21. The molecule has 1 aromatic carbocycles. The molecule has 1 fully saturated rings. The highest BCUT2D eigenvalue weighted by atomic mass is 127. The van der Waals surface area contributed by atoms with Crippen molar-refractivity contribution in [1.29, 1.82) is 0 Å². The monoisotopic (exact) mass is 342 g/mol. The van der Waals surface area contributed by atoms with E-state index in [4.69, 9.17) is 4.74 Å². The van der Waals surface area contributed by atoms with Crippen LogP contribution in [0.15, 0.2) is 29.8 Å². The van der Waals surface area contributed by atoms with Crippen molar-refractivity contribution in [2.45, 2.75) is 6.92 Å². The van der Waals surface area contributed by atoms with Gasteiger partial charge in [0.15, 0.2) is 0 Å². The number of halogens is 1. The van der Waals surface area contributed by atoms with E-state index in [1.165, 1.54) is 6.92 Å². The smallest absolute Gasteiger partial charge is 0.321 e. The van der Waals surface area contributed by atoms with Crippen LogP contribution in [0.25, 0.3) is 6.08 Å². The predicted molar refractivity (Wildman–Crippen MR) is 72.3 cm³/mol. The molecular weight excluding hydrogens is 331 g/mol. The number of cyclic esters (lactones) is 1. The topological polar surface area (TPSA) is 43.4 Å². The van der Waals surface area contributed by atoms with E-state index in [0.29, 0.717) is 0 Å². The summed E-state index contributed by atoms with van der Waals surface area (Å²) < 4.78 is 6.05. The molecule has 2 rings (SSSR count). The number of rotatable bonds is 2. The average Bonchev–Trinajstić information content (AvgIpc) is 2.63. The second-order valence-corrected chi connectivity index (χ2v) is 5.17. The number of ketones is 1. The molecule has 88 valence electrons. The fourth-order valence-corrected chi connectivity index (χ4v) is 2.16. The first-order chi connectivity index (χ1) is 8.08. The van der Waals surface area contributed by atoms with E-state index in [1.807, 2.05) is 30.3 Å². The maximum Gasteiger partial charge on any atom is 0.321 e. The van der Waals surface area contributed by atoms with E-state index < -0.39 is 11.9 Å². The van der Waals surface area contributed by atoms with Gasteiger partial charge in [-0.2, -0.15) is 0 Å². The zero-order chi connectivity index (χ0) is 12.4. The maximum atomic E-state index is 11.4. The molecule has 0 N–H and O–H groups in total. The molecule has 0 amide bonds. The number of ether oxygens (including phenoxy) is 1. The molecule has 1 aromatic rings.